The van der Waals surface area contributed by atoms with E-state index in [4.69, 9.17) is 0 Å². The first-order valence-corrected chi connectivity index (χ1v) is 12.0. The Bertz CT molecular complexity index is 901. The van der Waals surface area contributed by atoms with Crippen molar-refractivity contribution in [1.82, 2.24) is 9.21 Å². The molecule has 0 saturated carbocycles. The quantitative estimate of drug-likeness (QED) is 0.748. The van der Waals surface area contributed by atoms with E-state index in [0.29, 0.717) is 37.4 Å². The maximum absolute atomic E-state index is 13.1. The van der Waals surface area contributed by atoms with Crippen molar-refractivity contribution in [2.45, 2.75) is 50.3 Å². The summed E-state index contributed by atoms with van der Waals surface area (Å²) in [6.07, 6.45) is 4.84. The van der Waals surface area contributed by atoms with Gasteiger partial charge < -0.3 is 9.80 Å². The Morgan fingerprint density at radius 1 is 1.03 bits per heavy atom. The molecule has 0 aromatic heterocycles. The molecule has 0 bridgehead atoms. The van der Waals surface area contributed by atoms with Gasteiger partial charge in [0.1, 0.15) is 0 Å². The molecule has 1 aromatic carbocycles. The molecule has 8 heteroatoms. The van der Waals surface area contributed by atoms with Crippen LogP contribution in [0.3, 0.4) is 0 Å². The normalized spacial score (nSPS) is 20.9. The molecular weight excluding hydrogens is 390 g/mol. The number of amides is 2. The number of fused-ring (bicyclic) bond motifs is 1. The van der Waals surface area contributed by atoms with Crippen LogP contribution in [0.15, 0.2) is 23.1 Å². The molecule has 2 saturated heterocycles. The summed E-state index contributed by atoms with van der Waals surface area (Å²) in [7, 11) is -3.55. The van der Waals surface area contributed by atoms with E-state index in [0.717, 1.165) is 50.0 Å². The minimum Gasteiger partial charge on any atom is -0.343 e. The first-order valence-electron chi connectivity index (χ1n) is 10.6. The highest BCUT2D eigenvalue weighted by molar-refractivity contribution is 7.89. The topological polar surface area (TPSA) is 78.0 Å². The van der Waals surface area contributed by atoms with E-state index in [9.17, 15) is 18.0 Å². The third-order valence-electron chi connectivity index (χ3n) is 6.46. The zero-order valence-electron chi connectivity index (χ0n) is 17.0. The van der Waals surface area contributed by atoms with E-state index in [1.54, 1.807) is 27.4 Å². The number of carbonyl (C=O) groups is 2. The third-order valence-corrected chi connectivity index (χ3v) is 8.35. The maximum atomic E-state index is 13.1. The number of piperidine rings is 1. The van der Waals surface area contributed by atoms with Gasteiger partial charge in [0.25, 0.3) is 0 Å². The minimum atomic E-state index is -3.55. The van der Waals surface area contributed by atoms with Gasteiger partial charge in [-0.05, 0) is 61.8 Å². The number of benzene rings is 1. The average molecular weight is 420 g/mol. The van der Waals surface area contributed by atoms with Crippen molar-refractivity contribution in [2.24, 2.45) is 5.92 Å². The molecule has 1 aromatic rings. The van der Waals surface area contributed by atoms with Gasteiger partial charge in [-0.15, -0.1) is 0 Å². The second-order valence-electron chi connectivity index (χ2n) is 8.35. The zero-order chi connectivity index (χ0) is 20.6. The number of carbonyl (C=O) groups excluding carboxylic acids is 2. The molecule has 158 valence electrons. The molecule has 2 amide bonds. The van der Waals surface area contributed by atoms with Crippen LogP contribution in [0.2, 0.25) is 0 Å². The van der Waals surface area contributed by atoms with Gasteiger partial charge in [-0.25, -0.2) is 8.42 Å². The van der Waals surface area contributed by atoms with Crippen LogP contribution in [0.5, 0.6) is 0 Å². The van der Waals surface area contributed by atoms with Crippen LogP contribution in [0, 0.1) is 5.92 Å². The van der Waals surface area contributed by atoms with Crippen LogP contribution in [-0.2, 0) is 26.0 Å². The van der Waals surface area contributed by atoms with Crippen molar-refractivity contribution >= 4 is 27.5 Å². The standard InChI is InChI=1S/C21H29N3O4S/c1-16(25)24-13-8-18-15-19(4-5-20(18)24)29(27,28)23-11-6-17(7-12-23)14-21(26)22-9-2-3-10-22/h4-5,15,17H,2-3,6-14H2,1H3. The summed E-state index contributed by atoms with van der Waals surface area (Å²) >= 11 is 0. The molecule has 0 radical (unpaired) electrons. The molecule has 0 atom stereocenters. The fraction of sp³-hybridized carbons (Fsp3) is 0.619. The Kier molecular flexibility index (Phi) is 5.66. The van der Waals surface area contributed by atoms with E-state index in [-0.39, 0.29) is 17.7 Å². The van der Waals surface area contributed by atoms with Crippen LogP contribution in [0.1, 0.15) is 44.6 Å². The zero-order valence-corrected chi connectivity index (χ0v) is 17.8. The van der Waals surface area contributed by atoms with Crippen LogP contribution in [-0.4, -0.2) is 62.2 Å². The number of likely N-dealkylation sites (tertiary alicyclic amines) is 1. The highest BCUT2D eigenvalue weighted by Crippen LogP contribution is 2.32. The molecule has 2 fully saturated rings. The lowest BCUT2D eigenvalue weighted by atomic mass is 9.94. The smallest absolute Gasteiger partial charge is 0.243 e. The molecule has 7 nitrogen and oxygen atoms in total. The lowest BCUT2D eigenvalue weighted by Gasteiger charge is -2.31. The van der Waals surface area contributed by atoms with Gasteiger partial charge >= 0.3 is 0 Å². The average Bonchev–Trinajstić information content (AvgIpc) is 3.38. The van der Waals surface area contributed by atoms with Crippen molar-refractivity contribution in [1.29, 1.82) is 0 Å². The van der Waals surface area contributed by atoms with E-state index >= 15 is 0 Å². The Labute approximate surface area is 172 Å². The maximum Gasteiger partial charge on any atom is 0.243 e. The molecule has 29 heavy (non-hydrogen) atoms. The summed E-state index contributed by atoms with van der Waals surface area (Å²) < 4.78 is 27.8. The summed E-state index contributed by atoms with van der Waals surface area (Å²) in [5.41, 5.74) is 1.72. The van der Waals surface area contributed by atoms with E-state index < -0.39 is 10.0 Å². The van der Waals surface area contributed by atoms with Crippen LogP contribution in [0.4, 0.5) is 5.69 Å². The summed E-state index contributed by atoms with van der Waals surface area (Å²) in [4.78, 5) is 28.0. The highest BCUT2D eigenvalue weighted by Gasteiger charge is 2.32. The molecule has 4 rings (SSSR count). The van der Waals surface area contributed by atoms with Crippen molar-refractivity contribution in [3.63, 3.8) is 0 Å². The number of hydrogen-bond donors (Lipinski definition) is 0. The third kappa shape index (κ3) is 4.05. The molecular formula is C21H29N3O4S. The van der Waals surface area contributed by atoms with Gasteiger partial charge in [0.2, 0.25) is 21.8 Å². The van der Waals surface area contributed by atoms with E-state index in [1.807, 2.05) is 4.90 Å². The summed E-state index contributed by atoms with van der Waals surface area (Å²) in [5.74, 6) is 0.459. The number of sulfonamides is 1. The number of anilines is 1. The van der Waals surface area contributed by atoms with Crippen molar-refractivity contribution in [3.8, 4) is 0 Å². The first kappa shape index (κ1) is 20.3. The molecule has 0 spiro atoms. The molecule has 3 aliphatic heterocycles. The lowest BCUT2D eigenvalue weighted by Crippen LogP contribution is -2.40. The molecule has 3 aliphatic rings. The molecule has 0 aliphatic carbocycles. The molecule has 0 unspecified atom stereocenters. The predicted octanol–water partition coefficient (Wildman–Crippen LogP) is 2.01. The van der Waals surface area contributed by atoms with Crippen LogP contribution < -0.4 is 4.90 Å². The Balaban J connectivity index is 1.39. The molecule has 0 N–H and O–H groups in total. The highest BCUT2D eigenvalue weighted by atomic mass is 32.2. The Hall–Kier alpha value is -1.93. The van der Waals surface area contributed by atoms with Gasteiger partial charge in [0.05, 0.1) is 4.90 Å². The van der Waals surface area contributed by atoms with Crippen molar-refractivity contribution < 1.29 is 18.0 Å². The summed E-state index contributed by atoms with van der Waals surface area (Å²) in [5, 5.41) is 0. The SMILES string of the molecule is CC(=O)N1CCc2cc(S(=O)(=O)N3CCC(CC(=O)N4CCCC4)CC3)ccc21. The first-order chi connectivity index (χ1) is 13.9. The number of hydrogen-bond acceptors (Lipinski definition) is 4. The largest absolute Gasteiger partial charge is 0.343 e. The van der Waals surface area contributed by atoms with E-state index in [2.05, 4.69) is 0 Å². The van der Waals surface area contributed by atoms with E-state index in [1.165, 1.54) is 6.92 Å². The predicted molar refractivity (Wildman–Crippen MR) is 110 cm³/mol. The fourth-order valence-corrected chi connectivity index (χ4v) is 6.23. The second-order valence-corrected chi connectivity index (χ2v) is 10.3. The second kappa shape index (κ2) is 8.07. The van der Waals surface area contributed by atoms with Gasteiger partial charge in [-0.3, -0.25) is 9.59 Å². The van der Waals surface area contributed by atoms with Gasteiger partial charge in [0.15, 0.2) is 0 Å². The minimum absolute atomic E-state index is 0.0232. The van der Waals surface area contributed by atoms with Crippen molar-refractivity contribution in [3.05, 3.63) is 23.8 Å². The Morgan fingerprint density at radius 3 is 2.38 bits per heavy atom. The van der Waals surface area contributed by atoms with Crippen LogP contribution in [0.25, 0.3) is 0 Å². The van der Waals surface area contributed by atoms with Crippen LogP contribution >= 0.6 is 0 Å². The number of rotatable bonds is 4. The molecule has 3 heterocycles. The summed E-state index contributed by atoms with van der Waals surface area (Å²) in [6, 6.07) is 5.08. The van der Waals surface area contributed by atoms with Gasteiger partial charge in [-0.1, -0.05) is 0 Å². The fourth-order valence-electron chi connectivity index (χ4n) is 4.71. The Morgan fingerprint density at radius 2 is 1.72 bits per heavy atom. The van der Waals surface area contributed by atoms with Gasteiger partial charge in [-0.2, -0.15) is 4.31 Å². The lowest BCUT2D eigenvalue weighted by molar-refractivity contribution is -0.131. The monoisotopic (exact) mass is 419 g/mol. The van der Waals surface area contributed by atoms with Gasteiger partial charge in [0, 0.05) is 51.8 Å². The number of nitrogens with zero attached hydrogens (tertiary/aromatic N) is 3. The summed E-state index contributed by atoms with van der Waals surface area (Å²) in [6.45, 7) is 4.77. The van der Waals surface area contributed by atoms with Crippen molar-refractivity contribution in [2.75, 3.05) is 37.6 Å².